The number of aromatic amines is 1. The maximum atomic E-state index is 11.3. The molecule has 0 bridgehead atoms. The molecule has 2 N–H and O–H groups in total. The number of fused-ring (bicyclic) bond motifs is 1. The number of H-pyrrole nitrogens is 1. The fourth-order valence-corrected chi connectivity index (χ4v) is 1.44. The summed E-state index contributed by atoms with van der Waals surface area (Å²) in [6.45, 7) is 0. The van der Waals surface area contributed by atoms with Crippen LogP contribution in [0.4, 0.5) is 4.79 Å². The van der Waals surface area contributed by atoms with Gasteiger partial charge in [-0.2, -0.15) is 0 Å². The Morgan fingerprint density at radius 1 is 1.47 bits per heavy atom. The molecule has 0 aliphatic carbocycles. The molecular weight excluding hydrogens is 202 g/mol. The highest BCUT2D eigenvalue weighted by molar-refractivity contribution is 5.85. The van der Waals surface area contributed by atoms with E-state index in [-0.39, 0.29) is 11.0 Å². The molecule has 7 heteroatoms. The minimum absolute atomic E-state index is 0.0660. The Morgan fingerprint density at radius 2 is 2.13 bits per heavy atom. The predicted octanol–water partition coefficient (Wildman–Crippen LogP) is -0.446. The molecule has 0 aromatic carbocycles. The Hall–Kier alpha value is -2.31. The molecule has 0 aliphatic rings. The second-order valence-corrected chi connectivity index (χ2v) is 3.02. The number of hydrogen-bond donors (Lipinski definition) is 2. The molecule has 0 unspecified atom stereocenters. The van der Waals surface area contributed by atoms with Gasteiger partial charge in [-0.1, -0.05) is 0 Å². The number of nitrogens with one attached hydrogen (secondary N) is 1. The van der Waals surface area contributed by atoms with Crippen LogP contribution in [0.3, 0.4) is 0 Å². The van der Waals surface area contributed by atoms with Crippen LogP contribution in [-0.4, -0.2) is 25.3 Å². The van der Waals surface area contributed by atoms with Crippen LogP contribution >= 0.6 is 0 Å². The first-order valence-corrected chi connectivity index (χ1v) is 4.06. The van der Waals surface area contributed by atoms with E-state index in [1.165, 1.54) is 19.3 Å². The normalized spacial score (nSPS) is 10.7. The number of hydrogen-bond acceptors (Lipinski definition) is 3. The van der Waals surface area contributed by atoms with Crippen molar-refractivity contribution in [3.05, 3.63) is 33.1 Å². The van der Waals surface area contributed by atoms with Gasteiger partial charge in [-0.25, -0.2) is 14.2 Å². The van der Waals surface area contributed by atoms with Crippen molar-refractivity contribution in [2.24, 2.45) is 7.05 Å². The minimum atomic E-state index is -1.24. The zero-order chi connectivity index (χ0) is 11.2. The third kappa shape index (κ3) is 1.17. The van der Waals surface area contributed by atoms with Crippen LogP contribution in [0.1, 0.15) is 0 Å². The molecule has 78 valence electrons. The summed E-state index contributed by atoms with van der Waals surface area (Å²) in [5.74, 6) is 0. The molecule has 2 aromatic heterocycles. The van der Waals surface area contributed by atoms with Crippen LogP contribution in [0.2, 0.25) is 0 Å². The maximum absolute atomic E-state index is 11.3. The van der Waals surface area contributed by atoms with Crippen LogP contribution in [0.15, 0.2) is 21.9 Å². The molecule has 7 nitrogen and oxygen atoms in total. The second kappa shape index (κ2) is 2.84. The van der Waals surface area contributed by atoms with Gasteiger partial charge in [-0.05, 0) is 6.07 Å². The fourth-order valence-electron chi connectivity index (χ4n) is 1.44. The van der Waals surface area contributed by atoms with Gasteiger partial charge in [0.25, 0.3) is 5.56 Å². The second-order valence-electron chi connectivity index (χ2n) is 3.02. The quantitative estimate of drug-likeness (QED) is 0.614. The standard InChI is InChI=1S/C8H7N3O4/c1-10-6-4(5(12)9-7(10)13)2-3-11(6)8(14)15/h2-3H,1H3,(H,14,15)(H,9,12,13). The third-order valence-electron chi connectivity index (χ3n) is 2.15. The minimum Gasteiger partial charge on any atom is -0.464 e. The SMILES string of the molecule is Cn1c(=O)[nH]c(=O)c2ccn(C(=O)O)c21. The number of rotatable bonds is 0. The van der Waals surface area contributed by atoms with Gasteiger partial charge in [0.15, 0.2) is 0 Å². The third-order valence-corrected chi connectivity index (χ3v) is 2.15. The first kappa shape index (κ1) is 9.25. The lowest BCUT2D eigenvalue weighted by Gasteiger charge is -2.02. The van der Waals surface area contributed by atoms with Crippen LogP contribution in [0.25, 0.3) is 11.0 Å². The van der Waals surface area contributed by atoms with E-state index in [2.05, 4.69) is 4.98 Å². The van der Waals surface area contributed by atoms with Crippen molar-refractivity contribution in [3.8, 4) is 0 Å². The van der Waals surface area contributed by atoms with Crippen LogP contribution in [0.5, 0.6) is 0 Å². The van der Waals surface area contributed by atoms with Gasteiger partial charge in [0.2, 0.25) is 0 Å². The smallest absolute Gasteiger partial charge is 0.417 e. The molecule has 0 atom stereocenters. The number of aromatic nitrogens is 3. The Morgan fingerprint density at radius 3 is 2.73 bits per heavy atom. The van der Waals surface area contributed by atoms with Gasteiger partial charge in [0.1, 0.15) is 5.65 Å². The Kier molecular flexibility index (Phi) is 1.75. The molecular formula is C8H7N3O4. The first-order valence-electron chi connectivity index (χ1n) is 4.06. The average Bonchev–Trinajstić information content (AvgIpc) is 2.58. The summed E-state index contributed by atoms with van der Waals surface area (Å²) >= 11 is 0. The molecule has 0 saturated heterocycles. The topological polar surface area (TPSA) is 97.1 Å². The van der Waals surface area contributed by atoms with Crippen molar-refractivity contribution in [2.75, 3.05) is 0 Å². The Bertz CT molecular complexity index is 661. The van der Waals surface area contributed by atoms with Crippen molar-refractivity contribution in [3.63, 3.8) is 0 Å². The molecule has 2 rings (SSSR count). The summed E-state index contributed by atoms with van der Waals surface area (Å²) in [7, 11) is 1.39. The van der Waals surface area contributed by atoms with Crippen molar-refractivity contribution in [2.45, 2.75) is 0 Å². The summed E-state index contributed by atoms with van der Waals surface area (Å²) in [6, 6.07) is 1.35. The Balaban J connectivity index is 3.09. The summed E-state index contributed by atoms with van der Waals surface area (Å²) < 4.78 is 1.90. The number of carbonyl (C=O) groups is 1. The van der Waals surface area contributed by atoms with E-state index in [1.54, 1.807) is 0 Å². The number of carboxylic acid groups (broad SMARTS) is 1. The highest BCUT2D eigenvalue weighted by Gasteiger charge is 2.12. The van der Waals surface area contributed by atoms with Crippen molar-refractivity contribution >= 4 is 17.1 Å². The highest BCUT2D eigenvalue weighted by Crippen LogP contribution is 2.07. The molecule has 15 heavy (non-hydrogen) atoms. The van der Waals surface area contributed by atoms with Crippen molar-refractivity contribution < 1.29 is 9.90 Å². The van der Waals surface area contributed by atoms with E-state index < -0.39 is 17.3 Å². The van der Waals surface area contributed by atoms with Gasteiger partial charge in [-0.3, -0.25) is 14.3 Å². The van der Waals surface area contributed by atoms with Crippen LogP contribution in [-0.2, 0) is 7.05 Å². The van der Waals surface area contributed by atoms with E-state index in [0.29, 0.717) is 0 Å². The maximum Gasteiger partial charge on any atom is 0.417 e. The molecule has 0 aliphatic heterocycles. The number of nitrogens with zero attached hydrogens (tertiary/aromatic N) is 2. The van der Waals surface area contributed by atoms with E-state index in [4.69, 9.17) is 5.11 Å². The van der Waals surface area contributed by atoms with E-state index >= 15 is 0 Å². The molecule has 0 radical (unpaired) electrons. The summed E-state index contributed by atoms with van der Waals surface area (Å²) in [5.41, 5.74) is -1.17. The zero-order valence-electron chi connectivity index (χ0n) is 7.72. The molecule has 0 spiro atoms. The monoisotopic (exact) mass is 209 g/mol. The van der Waals surface area contributed by atoms with Gasteiger partial charge in [0, 0.05) is 13.2 Å². The van der Waals surface area contributed by atoms with E-state index in [9.17, 15) is 14.4 Å². The van der Waals surface area contributed by atoms with Gasteiger partial charge >= 0.3 is 11.8 Å². The molecule has 0 amide bonds. The van der Waals surface area contributed by atoms with Crippen molar-refractivity contribution in [1.82, 2.24) is 14.1 Å². The first-order chi connectivity index (χ1) is 7.02. The summed E-state index contributed by atoms with van der Waals surface area (Å²) in [5, 5.41) is 8.98. The van der Waals surface area contributed by atoms with Gasteiger partial charge in [-0.15, -0.1) is 0 Å². The fraction of sp³-hybridized carbons (Fsp3) is 0.125. The van der Waals surface area contributed by atoms with E-state index in [1.807, 2.05) is 0 Å². The van der Waals surface area contributed by atoms with E-state index in [0.717, 1.165) is 9.13 Å². The number of aryl methyl sites for hydroxylation is 1. The largest absolute Gasteiger partial charge is 0.464 e. The molecule has 0 fully saturated rings. The lowest BCUT2D eigenvalue weighted by atomic mass is 10.4. The average molecular weight is 209 g/mol. The van der Waals surface area contributed by atoms with Crippen LogP contribution in [0, 0.1) is 0 Å². The lowest BCUT2D eigenvalue weighted by molar-refractivity contribution is 0.197. The summed E-state index contributed by atoms with van der Waals surface area (Å²) in [4.78, 5) is 35.4. The molecule has 0 saturated carbocycles. The van der Waals surface area contributed by atoms with Gasteiger partial charge < -0.3 is 5.11 Å². The van der Waals surface area contributed by atoms with Gasteiger partial charge in [0.05, 0.1) is 5.39 Å². The Labute approximate surface area is 82.2 Å². The predicted molar refractivity (Wildman–Crippen MR) is 51.2 cm³/mol. The highest BCUT2D eigenvalue weighted by atomic mass is 16.4. The zero-order valence-corrected chi connectivity index (χ0v) is 7.72. The summed E-state index contributed by atoms with van der Waals surface area (Å²) in [6.07, 6.45) is -0.0209. The van der Waals surface area contributed by atoms with Crippen molar-refractivity contribution in [1.29, 1.82) is 0 Å². The lowest BCUT2D eigenvalue weighted by Crippen LogP contribution is -2.29. The van der Waals surface area contributed by atoms with Crippen LogP contribution < -0.4 is 11.2 Å². The molecule has 2 aromatic rings. The molecule has 2 heterocycles.